The van der Waals surface area contributed by atoms with Gasteiger partial charge in [0.15, 0.2) is 11.5 Å². The highest BCUT2D eigenvalue weighted by Crippen LogP contribution is 2.31. The van der Waals surface area contributed by atoms with Crippen molar-refractivity contribution in [1.82, 2.24) is 24.7 Å². The summed E-state index contributed by atoms with van der Waals surface area (Å²) in [6.45, 7) is 0.244. The molecule has 3 aromatic rings. The molecule has 1 fully saturated rings. The van der Waals surface area contributed by atoms with E-state index in [0.29, 0.717) is 15.8 Å². The molecule has 31 heavy (non-hydrogen) atoms. The third-order valence-corrected chi connectivity index (χ3v) is 5.86. The Bertz CT molecular complexity index is 1150. The predicted molar refractivity (Wildman–Crippen MR) is 108 cm³/mol. The Morgan fingerprint density at radius 1 is 1.26 bits per heavy atom. The van der Waals surface area contributed by atoms with E-state index in [0.717, 1.165) is 15.8 Å². The maximum Gasteiger partial charge on any atom is 0.356 e. The van der Waals surface area contributed by atoms with E-state index in [1.165, 1.54) is 20.9 Å². The molecule has 0 aromatic carbocycles. The summed E-state index contributed by atoms with van der Waals surface area (Å²) in [6.07, 6.45) is 0. The summed E-state index contributed by atoms with van der Waals surface area (Å²) in [5.41, 5.74) is -0.000416. The van der Waals surface area contributed by atoms with Crippen LogP contribution in [0, 0.1) is 0 Å². The maximum absolute atomic E-state index is 13.0. The Kier molecular flexibility index (Phi) is 5.76. The van der Waals surface area contributed by atoms with Gasteiger partial charge in [-0.05, 0) is 12.1 Å². The van der Waals surface area contributed by atoms with Gasteiger partial charge in [0.25, 0.3) is 5.91 Å². The summed E-state index contributed by atoms with van der Waals surface area (Å²) in [5, 5.41) is 26.3. The number of imide groups is 1. The lowest BCUT2D eigenvalue weighted by Gasteiger charge is -2.16. The second-order valence-corrected chi connectivity index (χ2v) is 8.33. The van der Waals surface area contributed by atoms with Crippen LogP contribution in [0.4, 0.5) is 4.79 Å². The zero-order valence-electron chi connectivity index (χ0n) is 15.9. The molecule has 2 N–H and O–H groups in total. The predicted octanol–water partition coefficient (Wildman–Crippen LogP) is 1.87. The lowest BCUT2D eigenvalue weighted by atomic mass is 10.3. The van der Waals surface area contributed by atoms with Crippen molar-refractivity contribution in [3.8, 4) is 10.6 Å². The molecule has 4 heterocycles. The number of halogens is 1. The molecule has 3 aromatic heterocycles. The number of nitrogens with zero attached hydrogens (tertiary/aromatic N) is 5. The van der Waals surface area contributed by atoms with E-state index in [9.17, 15) is 19.5 Å². The molecule has 11 nitrogen and oxygen atoms in total. The molecule has 0 atom stereocenters. The lowest BCUT2D eigenvalue weighted by Crippen LogP contribution is -2.38. The number of rotatable bonds is 7. The largest absolute Gasteiger partial charge is 0.476 e. The minimum absolute atomic E-state index is 0.0423. The van der Waals surface area contributed by atoms with Gasteiger partial charge < -0.3 is 19.6 Å². The third-order valence-electron chi connectivity index (χ3n) is 4.61. The molecule has 13 heteroatoms. The van der Waals surface area contributed by atoms with E-state index in [1.54, 1.807) is 18.2 Å². The molecule has 162 valence electrons. The number of thiophene rings is 1. The van der Waals surface area contributed by atoms with Crippen LogP contribution >= 0.6 is 22.9 Å². The molecule has 0 radical (unpaired) electrons. The van der Waals surface area contributed by atoms with Crippen molar-refractivity contribution >= 4 is 40.8 Å². The van der Waals surface area contributed by atoms with Crippen LogP contribution in [-0.2, 0) is 6.54 Å². The highest BCUT2D eigenvalue weighted by molar-refractivity contribution is 7.19. The molecular formula is C18H16ClN5O6S. The highest BCUT2D eigenvalue weighted by atomic mass is 35.5. The molecule has 1 aliphatic heterocycles. The summed E-state index contributed by atoms with van der Waals surface area (Å²) in [6, 6.07) is 5.71. The van der Waals surface area contributed by atoms with Gasteiger partial charge in [0.2, 0.25) is 0 Å². The van der Waals surface area contributed by atoms with Crippen LogP contribution in [0.1, 0.15) is 26.7 Å². The molecule has 0 spiro atoms. The smallest absolute Gasteiger partial charge is 0.356 e. The van der Waals surface area contributed by atoms with E-state index < -0.39 is 17.9 Å². The van der Waals surface area contributed by atoms with Crippen molar-refractivity contribution in [3.05, 3.63) is 45.7 Å². The molecule has 3 amide bonds. The topological polar surface area (TPSA) is 142 Å². The average Bonchev–Trinajstić information content (AvgIpc) is 3.50. The van der Waals surface area contributed by atoms with Crippen LogP contribution in [-0.4, -0.2) is 79.1 Å². The fraction of sp³-hybridized carbons (Fsp3) is 0.278. The van der Waals surface area contributed by atoms with Gasteiger partial charge in [-0.25, -0.2) is 9.59 Å². The summed E-state index contributed by atoms with van der Waals surface area (Å²) in [5.74, 6) is -1.52. The number of aliphatic hydroxyl groups is 1. The molecule has 1 aliphatic rings. The van der Waals surface area contributed by atoms with Crippen molar-refractivity contribution in [2.45, 2.75) is 6.54 Å². The molecule has 1 saturated heterocycles. The zero-order valence-corrected chi connectivity index (χ0v) is 17.5. The van der Waals surface area contributed by atoms with Gasteiger partial charge >= 0.3 is 12.0 Å². The summed E-state index contributed by atoms with van der Waals surface area (Å²) < 4.78 is 7.08. The van der Waals surface area contributed by atoms with E-state index in [-0.39, 0.29) is 44.2 Å². The van der Waals surface area contributed by atoms with Crippen LogP contribution in [0.15, 0.2) is 28.8 Å². The van der Waals surface area contributed by atoms with Gasteiger partial charge in [0.1, 0.15) is 11.4 Å². The first kappa shape index (κ1) is 21.0. The summed E-state index contributed by atoms with van der Waals surface area (Å²) in [4.78, 5) is 39.9. The fourth-order valence-electron chi connectivity index (χ4n) is 3.15. The minimum atomic E-state index is -1.31. The number of hydrogen-bond donors (Lipinski definition) is 2. The van der Waals surface area contributed by atoms with Gasteiger partial charge in [-0.15, -0.1) is 11.3 Å². The summed E-state index contributed by atoms with van der Waals surface area (Å²) >= 11 is 7.25. The van der Waals surface area contributed by atoms with E-state index in [2.05, 4.69) is 10.3 Å². The molecule has 0 bridgehead atoms. The number of amides is 3. The first-order valence-corrected chi connectivity index (χ1v) is 10.3. The highest BCUT2D eigenvalue weighted by Gasteiger charge is 2.35. The third kappa shape index (κ3) is 4.17. The number of carboxylic acids is 1. The molecule has 4 rings (SSSR count). The molecule has 0 aliphatic carbocycles. The molecule has 0 saturated carbocycles. The van der Waals surface area contributed by atoms with Crippen molar-refractivity contribution in [3.63, 3.8) is 0 Å². The number of aliphatic hydroxyl groups excluding tert-OH is 1. The number of hydrogen-bond acceptors (Lipinski definition) is 8. The maximum atomic E-state index is 13.0. The Hall–Kier alpha value is -3.22. The van der Waals surface area contributed by atoms with Gasteiger partial charge in [-0.2, -0.15) is 5.10 Å². The Morgan fingerprint density at radius 3 is 2.74 bits per heavy atom. The van der Waals surface area contributed by atoms with E-state index >= 15 is 0 Å². The summed E-state index contributed by atoms with van der Waals surface area (Å²) in [7, 11) is 0. The fourth-order valence-corrected chi connectivity index (χ4v) is 4.15. The number of urea groups is 1. The van der Waals surface area contributed by atoms with Crippen LogP contribution in [0.5, 0.6) is 0 Å². The van der Waals surface area contributed by atoms with Crippen molar-refractivity contribution in [1.29, 1.82) is 0 Å². The monoisotopic (exact) mass is 465 g/mol. The van der Waals surface area contributed by atoms with Crippen molar-refractivity contribution in [2.24, 2.45) is 0 Å². The van der Waals surface area contributed by atoms with Crippen LogP contribution in [0.25, 0.3) is 10.6 Å². The van der Waals surface area contributed by atoms with Crippen molar-refractivity contribution in [2.75, 3.05) is 26.2 Å². The Morgan fingerprint density at radius 2 is 2.06 bits per heavy atom. The number of β-amino-alcohol motifs (C(OH)–C–C–N with tert-alkyl or cyclic N) is 1. The number of carbonyl (C=O) groups excluding carboxylic acids is 2. The number of aromatic nitrogens is 3. The van der Waals surface area contributed by atoms with Crippen LogP contribution < -0.4 is 0 Å². The lowest BCUT2D eigenvalue weighted by molar-refractivity contribution is 0.0688. The van der Waals surface area contributed by atoms with Crippen LogP contribution in [0.3, 0.4) is 0 Å². The van der Waals surface area contributed by atoms with Crippen LogP contribution in [0.2, 0.25) is 4.34 Å². The molecular weight excluding hydrogens is 450 g/mol. The Balaban J connectivity index is 1.60. The minimum Gasteiger partial charge on any atom is -0.476 e. The van der Waals surface area contributed by atoms with Gasteiger partial charge in [-0.3, -0.25) is 14.4 Å². The first-order valence-electron chi connectivity index (χ1n) is 9.11. The first-order chi connectivity index (χ1) is 14.9. The zero-order chi connectivity index (χ0) is 22.1. The van der Waals surface area contributed by atoms with E-state index in [1.807, 2.05) is 0 Å². The second kappa shape index (κ2) is 8.49. The van der Waals surface area contributed by atoms with Gasteiger partial charge in [0.05, 0.1) is 22.4 Å². The molecule has 0 unspecified atom stereocenters. The Labute approximate surface area is 184 Å². The average molecular weight is 466 g/mol. The second-order valence-electron chi connectivity index (χ2n) is 6.61. The SMILES string of the molecule is O=C(O)c1cc(C(=O)N2CCN(CCO)C2=O)n(Cc2cc(-c3ccc(Cl)s3)on2)n1. The quantitative estimate of drug-likeness (QED) is 0.538. The normalized spacial score (nSPS) is 13.9. The van der Waals surface area contributed by atoms with Gasteiger partial charge in [0, 0.05) is 31.8 Å². The number of aromatic carboxylic acids is 1. The van der Waals surface area contributed by atoms with Crippen molar-refractivity contribution < 1.29 is 29.1 Å². The number of carboxylic acid groups (broad SMARTS) is 1. The number of carbonyl (C=O) groups is 3. The van der Waals surface area contributed by atoms with E-state index in [4.69, 9.17) is 21.2 Å². The standard InChI is InChI=1S/C18H16ClN5O6S/c19-15-2-1-14(31-15)13-7-10(21-30-13)9-24-12(8-11(20-24)17(27)28)16(26)23-4-3-22(5-6-25)18(23)29/h1-2,7-8,25H,3-6,9H2,(H,27,28). The van der Waals surface area contributed by atoms with Gasteiger partial charge in [-0.1, -0.05) is 16.8 Å².